The predicted octanol–water partition coefficient (Wildman–Crippen LogP) is 2.49. The highest BCUT2D eigenvalue weighted by Crippen LogP contribution is 2.25. The van der Waals surface area contributed by atoms with Crippen molar-refractivity contribution in [3.8, 4) is 11.1 Å². The number of nitrogens with zero attached hydrogens (tertiary/aromatic N) is 8. The first kappa shape index (κ1) is 20.7. The predicted molar refractivity (Wildman–Crippen MR) is 116 cm³/mol. The van der Waals surface area contributed by atoms with Crippen LogP contribution in [-0.4, -0.2) is 51.0 Å². The summed E-state index contributed by atoms with van der Waals surface area (Å²) in [6.07, 6.45) is 9.78. The van der Waals surface area contributed by atoms with Gasteiger partial charge in [-0.3, -0.25) is 9.36 Å². The monoisotopic (exact) mass is 451 g/mol. The van der Waals surface area contributed by atoms with Crippen LogP contribution in [0, 0.1) is 11.6 Å². The number of aryl methyl sites for hydroxylation is 1. The highest BCUT2D eigenvalue weighted by molar-refractivity contribution is 5.75. The van der Waals surface area contributed by atoms with Crippen LogP contribution in [0.25, 0.3) is 22.2 Å². The summed E-state index contributed by atoms with van der Waals surface area (Å²) in [6.45, 7) is 0.321. The molecule has 12 heteroatoms. The zero-order valence-electron chi connectivity index (χ0n) is 17.5. The average molecular weight is 451 g/mol. The quantitative estimate of drug-likeness (QED) is 0.391. The van der Waals surface area contributed by atoms with E-state index in [1.54, 1.807) is 59.7 Å². The fourth-order valence-electron chi connectivity index (χ4n) is 3.48. The van der Waals surface area contributed by atoms with Crippen molar-refractivity contribution in [1.82, 2.24) is 39.3 Å². The van der Waals surface area contributed by atoms with Gasteiger partial charge in [-0.15, -0.1) is 0 Å². The number of benzene rings is 1. The number of nitrogens with one attached hydrogen (secondary N) is 1. The number of hydrogen-bond acceptors (Lipinski definition) is 7. The maximum absolute atomic E-state index is 14.6. The Morgan fingerprint density at radius 2 is 1.88 bits per heavy atom. The van der Waals surface area contributed by atoms with Crippen molar-refractivity contribution in [3.63, 3.8) is 0 Å². The largest absolute Gasteiger partial charge is 0.394 e. The molecular formula is C21H19F2N9O. The minimum Gasteiger partial charge on any atom is -0.394 e. The van der Waals surface area contributed by atoms with Gasteiger partial charge in [-0.2, -0.15) is 20.3 Å². The molecule has 1 aromatic carbocycles. The van der Waals surface area contributed by atoms with E-state index >= 15 is 0 Å². The molecule has 0 bridgehead atoms. The van der Waals surface area contributed by atoms with Gasteiger partial charge in [-0.05, 0) is 17.7 Å². The van der Waals surface area contributed by atoms with E-state index in [0.717, 1.165) is 6.07 Å². The molecule has 0 saturated heterocycles. The first-order valence-corrected chi connectivity index (χ1v) is 10.1. The molecule has 0 spiro atoms. The summed E-state index contributed by atoms with van der Waals surface area (Å²) in [7, 11) is 1.75. The Hall–Kier alpha value is -4.19. The molecule has 0 aliphatic rings. The zero-order valence-corrected chi connectivity index (χ0v) is 17.5. The maximum atomic E-state index is 14.6. The number of halogens is 2. The van der Waals surface area contributed by atoms with Crippen molar-refractivity contribution in [2.75, 3.05) is 11.9 Å². The Bertz CT molecular complexity index is 1440. The zero-order chi connectivity index (χ0) is 22.9. The fourth-order valence-corrected chi connectivity index (χ4v) is 3.48. The van der Waals surface area contributed by atoms with Crippen molar-refractivity contribution in [2.24, 2.45) is 7.05 Å². The van der Waals surface area contributed by atoms with E-state index in [0.29, 0.717) is 40.3 Å². The number of hydrogen-bond donors (Lipinski definition) is 2. The van der Waals surface area contributed by atoms with E-state index in [1.165, 1.54) is 4.68 Å². The number of aromatic nitrogens is 8. The summed E-state index contributed by atoms with van der Waals surface area (Å²) in [5, 5.41) is 25.2. The number of rotatable bonds is 7. The third kappa shape index (κ3) is 4.15. The minimum absolute atomic E-state index is 0.0226. The SMILES string of the molecule is Cn1cc(-c2cc(F)c(F)c(Cn3ncc4cnc(Nc5cnn(CCO)c5)nc43)c2)cn1. The van der Waals surface area contributed by atoms with Crippen LogP contribution in [0.3, 0.4) is 0 Å². The van der Waals surface area contributed by atoms with E-state index in [2.05, 4.69) is 30.6 Å². The van der Waals surface area contributed by atoms with Crippen LogP contribution in [0.2, 0.25) is 0 Å². The summed E-state index contributed by atoms with van der Waals surface area (Å²) in [6, 6.07) is 2.73. The van der Waals surface area contributed by atoms with Crippen molar-refractivity contribution in [2.45, 2.75) is 13.1 Å². The van der Waals surface area contributed by atoms with Crippen molar-refractivity contribution < 1.29 is 13.9 Å². The van der Waals surface area contributed by atoms with Gasteiger partial charge in [0.05, 0.1) is 49.4 Å². The van der Waals surface area contributed by atoms with Crippen LogP contribution < -0.4 is 5.32 Å². The molecule has 0 radical (unpaired) electrons. The molecule has 0 aliphatic heterocycles. The highest BCUT2D eigenvalue weighted by atomic mass is 19.2. The van der Waals surface area contributed by atoms with E-state index in [9.17, 15) is 8.78 Å². The first-order chi connectivity index (χ1) is 16.0. The molecular weight excluding hydrogens is 432 g/mol. The third-order valence-corrected chi connectivity index (χ3v) is 5.06. The number of aliphatic hydroxyl groups is 1. The normalized spacial score (nSPS) is 11.4. The molecule has 10 nitrogen and oxygen atoms in total. The fraction of sp³-hybridized carbons (Fsp3) is 0.190. The van der Waals surface area contributed by atoms with Crippen LogP contribution in [0.1, 0.15) is 5.56 Å². The molecule has 0 saturated carbocycles. The topological polar surface area (TPSA) is 112 Å². The molecule has 5 aromatic rings. The van der Waals surface area contributed by atoms with Crippen molar-refractivity contribution >= 4 is 22.7 Å². The lowest BCUT2D eigenvalue weighted by Crippen LogP contribution is -2.07. The van der Waals surface area contributed by atoms with Gasteiger partial charge < -0.3 is 10.4 Å². The molecule has 0 aliphatic carbocycles. The molecule has 168 valence electrons. The average Bonchev–Trinajstić information content (AvgIpc) is 3.52. The smallest absolute Gasteiger partial charge is 0.229 e. The lowest BCUT2D eigenvalue weighted by Gasteiger charge is -2.09. The standard InChI is InChI=1S/C21H19F2N9O/c1-30-10-16(8-25-30)13-4-14(19(23)18(22)5-13)11-32-20-15(7-27-32)6-24-21(29-20)28-17-9-26-31(12-17)2-3-33/h4-10,12,33H,2-3,11H2,1H3,(H,24,28,29). The number of anilines is 2. The van der Waals surface area contributed by atoms with Crippen LogP contribution in [0.5, 0.6) is 0 Å². The second-order valence-corrected chi connectivity index (χ2v) is 7.45. The van der Waals surface area contributed by atoms with Gasteiger partial charge >= 0.3 is 0 Å². The second-order valence-electron chi connectivity index (χ2n) is 7.45. The molecule has 0 atom stereocenters. The van der Waals surface area contributed by atoms with Crippen molar-refractivity contribution in [1.29, 1.82) is 0 Å². The Labute approximate surface area is 186 Å². The molecule has 33 heavy (non-hydrogen) atoms. The molecule has 0 unspecified atom stereocenters. The van der Waals surface area contributed by atoms with Crippen molar-refractivity contribution in [3.05, 3.63) is 66.5 Å². The van der Waals surface area contributed by atoms with Gasteiger partial charge in [0.25, 0.3) is 0 Å². The van der Waals surface area contributed by atoms with Gasteiger partial charge in [0.2, 0.25) is 5.95 Å². The Morgan fingerprint density at radius 1 is 1.00 bits per heavy atom. The van der Waals surface area contributed by atoms with E-state index in [1.807, 2.05) is 0 Å². The van der Waals surface area contributed by atoms with E-state index < -0.39 is 11.6 Å². The Morgan fingerprint density at radius 3 is 2.67 bits per heavy atom. The van der Waals surface area contributed by atoms with E-state index in [4.69, 9.17) is 5.11 Å². The van der Waals surface area contributed by atoms with Crippen LogP contribution in [0.4, 0.5) is 20.4 Å². The molecule has 2 N–H and O–H groups in total. The van der Waals surface area contributed by atoms with Gasteiger partial charge in [0, 0.05) is 36.8 Å². The van der Waals surface area contributed by atoms with Crippen LogP contribution in [0.15, 0.2) is 49.3 Å². The molecule has 4 heterocycles. The molecule has 4 aromatic heterocycles. The van der Waals surface area contributed by atoms with Crippen LogP contribution >= 0.6 is 0 Å². The molecule has 0 fully saturated rings. The second kappa shape index (κ2) is 8.39. The van der Waals surface area contributed by atoms with E-state index in [-0.39, 0.29) is 18.7 Å². The lowest BCUT2D eigenvalue weighted by atomic mass is 10.1. The van der Waals surface area contributed by atoms with Gasteiger partial charge in [0.1, 0.15) is 0 Å². The molecule has 0 amide bonds. The number of fused-ring (bicyclic) bond motifs is 1. The molecule has 5 rings (SSSR count). The minimum atomic E-state index is -0.945. The summed E-state index contributed by atoms with van der Waals surface area (Å²) in [5.41, 5.74) is 2.44. The Balaban J connectivity index is 1.45. The van der Waals surface area contributed by atoms with Gasteiger partial charge in [-0.1, -0.05) is 0 Å². The first-order valence-electron chi connectivity index (χ1n) is 10.1. The van der Waals surface area contributed by atoms with Crippen LogP contribution in [-0.2, 0) is 20.1 Å². The summed E-state index contributed by atoms with van der Waals surface area (Å²) in [4.78, 5) is 8.74. The van der Waals surface area contributed by atoms with Gasteiger partial charge in [0.15, 0.2) is 17.3 Å². The van der Waals surface area contributed by atoms with Gasteiger partial charge in [-0.25, -0.2) is 18.4 Å². The summed E-state index contributed by atoms with van der Waals surface area (Å²) < 4.78 is 33.6. The lowest BCUT2D eigenvalue weighted by molar-refractivity contribution is 0.269. The summed E-state index contributed by atoms with van der Waals surface area (Å²) >= 11 is 0. The highest BCUT2D eigenvalue weighted by Gasteiger charge is 2.16. The summed E-state index contributed by atoms with van der Waals surface area (Å²) in [5.74, 6) is -1.58. The maximum Gasteiger partial charge on any atom is 0.229 e. The Kier molecular flexibility index (Phi) is 5.26. The third-order valence-electron chi connectivity index (χ3n) is 5.06. The number of aliphatic hydroxyl groups excluding tert-OH is 1.